The summed E-state index contributed by atoms with van der Waals surface area (Å²) in [6, 6.07) is 0.667. The van der Waals surface area contributed by atoms with Crippen molar-refractivity contribution in [2.24, 2.45) is 0 Å². The van der Waals surface area contributed by atoms with E-state index < -0.39 is 0 Å². The zero-order chi connectivity index (χ0) is 11.0. The molecule has 0 radical (unpaired) electrons. The van der Waals surface area contributed by atoms with Crippen molar-refractivity contribution in [3.63, 3.8) is 0 Å². The van der Waals surface area contributed by atoms with Crippen LogP contribution in [0.2, 0.25) is 0 Å². The Labute approximate surface area is 102 Å². The first-order chi connectivity index (χ1) is 7.77. The van der Waals surface area contributed by atoms with Gasteiger partial charge in [-0.3, -0.25) is 4.90 Å². The van der Waals surface area contributed by atoms with Crippen LogP contribution in [0.3, 0.4) is 0 Å². The van der Waals surface area contributed by atoms with Crippen molar-refractivity contribution in [3.8, 4) is 0 Å². The van der Waals surface area contributed by atoms with Gasteiger partial charge in [0.05, 0.1) is 11.7 Å². The Kier molecular flexibility index (Phi) is 3.17. The van der Waals surface area contributed by atoms with E-state index in [0.29, 0.717) is 6.04 Å². The summed E-state index contributed by atoms with van der Waals surface area (Å²) >= 11 is 2.06. The molecule has 92 valence electrons. The first-order valence-corrected chi connectivity index (χ1v) is 7.57. The molecule has 3 saturated heterocycles. The molecule has 3 nitrogen and oxygen atoms in total. The predicted octanol–water partition coefficient (Wildman–Crippen LogP) is 1.11. The van der Waals surface area contributed by atoms with Crippen molar-refractivity contribution in [1.82, 2.24) is 4.90 Å². The Bertz CT molecular complexity index is 244. The van der Waals surface area contributed by atoms with Gasteiger partial charge < -0.3 is 9.84 Å². The number of nitrogens with zero attached hydrogens (tertiary/aromatic N) is 1. The Morgan fingerprint density at radius 1 is 1.25 bits per heavy atom. The van der Waals surface area contributed by atoms with Gasteiger partial charge in [0.15, 0.2) is 0 Å². The van der Waals surface area contributed by atoms with Gasteiger partial charge in [-0.1, -0.05) is 0 Å². The van der Waals surface area contributed by atoms with E-state index in [1.54, 1.807) is 0 Å². The van der Waals surface area contributed by atoms with E-state index in [1.807, 2.05) is 0 Å². The molecule has 0 aromatic rings. The fourth-order valence-corrected chi connectivity index (χ4v) is 4.43. The lowest BCUT2D eigenvalue weighted by molar-refractivity contribution is -0.132. The minimum atomic E-state index is -0.0688. The van der Waals surface area contributed by atoms with E-state index >= 15 is 0 Å². The highest BCUT2D eigenvalue weighted by atomic mass is 32.2. The Hall–Kier alpha value is 0.230. The second-order valence-corrected chi connectivity index (χ2v) is 6.62. The maximum atomic E-state index is 9.37. The molecule has 1 N–H and O–H groups in total. The summed E-state index contributed by atoms with van der Waals surface area (Å²) in [5.74, 6) is 2.52. The van der Waals surface area contributed by atoms with Crippen LogP contribution in [-0.4, -0.2) is 59.0 Å². The second-order valence-electron chi connectivity index (χ2n) is 5.40. The predicted molar refractivity (Wildman–Crippen MR) is 65.8 cm³/mol. The number of aliphatic hydroxyl groups excluding tert-OH is 1. The number of rotatable bonds is 1. The molecule has 1 unspecified atom stereocenters. The van der Waals surface area contributed by atoms with Crippen LogP contribution in [0.1, 0.15) is 25.7 Å². The molecule has 0 aliphatic carbocycles. The van der Waals surface area contributed by atoms with Crippen molar-refractivity contribution >= 4 is 11.8 Å². The summed E-state index contributed by atoms with van der Waals surface area (Å²) in [5, 5.41) is 9.37. The molecule has 0 saturated carbocycles. The zero-order valence-electron chi connectivity index (χ0n) is 9.73. The molecule has 3 rings (SSSR count). The Morgan fingerprint density at radius 3 is 2.69 bits per heavy atom. The van der Waals surface area contributed by atoms with Crippen LogP contribution >= 0.6 is 11.8 Å². The molecule has 3 aliphatic rings. The maximum Gasteiger partial charge on any atom is 0.0794 e. The largest absolute Gasteiger partial charge is 0.390 e. The van der Waals surface area contributed by atoms with Gasteiger partial charge in [-0.25, -0.2) is 0 Å². The highest BCUT2D eigenvalue weighted by Gasteiger charge is 2.42. The Balaban J connectivity index is 1.60. The number of thioether (sulfide) groups is 1. The summed E-state index contributed by atoms with van der Waals surface area (Å²) in [7, 11) is 0. The van der Waals surface area contributed by atoms with Crippen molar-refractivity contribution in [2.45, 2.75) is 43.4 Å². The molecular formula is C12H21NO2S. The van der Waals surface area contributed by atoms with Crippen LogP contribution in [-0.2, 0) is 4.74 Å². The first kappa shape index (κ1) is 11.3. The molecule has 3 aliphatic heterocycles. The number of hydrogen-bond donors (Lipinski definition) is 1. The molecular weight excluding hydrogens is 222 g/mol. The van der Waals surface area contributed by atoms with Crippen molar-refractivity contribution in [3.05, 3.63) is 0 Å². The van der Waals surface area contributed by atoms with Gasteiger partial charge in [-0.2, -0.15) is 11.8 Å². The van der Waals surface area contributed by atoms with Crippen LogP contribution in [0.4, 0.5) is 0 Å². The van der Waals surface area contributed by atoms with Crippen molar-refractivity contribution in [2.75, 3.05) is 31.2 Å². The van der Waals surface area contributed by atoms with Crippen LogP contribution < -0.4 is 0 Å². The topological polar surface area (TPSA) is 32.7 Å². The molecule has 0 bridgehead atoms. The highest BCUT2D eigenvalue weighted by molar-refractivity contribution is 7.99. The van der Waals surface area contributed by atoms with E-state index in [1.165, 1.54) is 30.8 Å². The third-order valence-corrected chi connectivity index (χ3v) is 5.26. The molecule has 4 heteroatoms. The molecule has 1 atom stereocenters. The summed E-state index contributed by atoms with van der Waals surface area (Å²) in [6.07, 6.45) is 4.73. The third-order valence-electron chi connectivity index (χ3n) is 4.28. The van der Waals surface area contributed by atoms with Gasteiger partial charge >= 0.3 is 0 Å². The second kappa shape index (κ2) is 4.48. The SMILES string of the molecule is OC1CN(C2CCOC3(CCSCC3)C2)C1. The first-order valence-electron chi connectivity index (χ1n) is 6.41. The average Bonchev–Trinajstić information content (AvgIpc) is 2.26. The lowest BCUT2D eigenvalue weighted by atomic mass is 9.84. The third kappa shape index (κ3) is 2.13. The summed E-state index contributed by atoms with van der Waals surface area (Å²) in [5.41, 5.74) is 0.189. The van der Waals surface area contributed by atoms with Gasteiger partial charge in [0.2, 0.25) is 0 Å². The van der Waals surface area contributed by atoms with Gasteiger partial charge in [0, 0.05) is 25.7 Å². The number of ether oxygens (including phenoxy) is 1. The number of hydrogen-bond acceptors (Lipinski definition) is 4. The zero-order valence-corrected chi connectivity index (χ0v) is 10.5. The number of likely N-dealkylation sites (tertiary alicyclic amines) is 1. The molecule has 0 aromatic carbocycles. The van der Waals surface area contributed by atoms with Crippen LogP contribution in [0.15, 0.2) is 0 Å². The molecule has 3 heterocycles. The minimum Gasteiger partial charge on any atom is -0.390 e. The van der Waals surface area contributed by atoms with E-state index in [0.717, 1.165) is 26.1 Å². The smallest absolute Gasteiger partial charge is 0.0794 e. The summed E-state index contributed by atoms with van der Waals surface area (Å²) < 4.78 is 6.08. The quantitative estimate of drug-likeness (QED) is 0.748. The molecule has 16 heavy (non-hydrogen) atoms. The number of β-amino-alcohol motifs (C(OH)–C–C–N with tert-alkyl or cyclic N) is 1. The maximum absolute atomic E-state index is 9.37. The molecule has 1 spiro atoms. The fourth-order valence-electron chi connectivity index (χ4n) is 3.19. The number of aliphatic hydroxyl groups is 1. The van der Waals surface area contributed by atoms with Crippen molar-refractivity contribution < 1.29 is 9.84 Å². The summed E-state index contributed by atoms with van der Waals surface area (Å²) in [4.78, 5) is 2.44. The van der Waals surface area contributed by atoms with E-state index in [2.05, 4.69) is 16.7 Å². The van der Waals surface area contributed by atoms with E-state index in [4.69, 9.17) is 4.74 Å². The lowest BCUT2D eigenvalue weighted by Gasteiger charge is -2.50. The highest BCUT2D eigenvalue weighted by Crippen LogP contribution is 2.39. The van der Waals surface area contributed by atoms with Gasteiger partial charge in [-0.15, -0.1) is 0 Å². The molecule has 0 aromatic heterocycles. The fraction of sp³-hybridized carbons (Fsp3) is 1.00. The average molecular weight is 243 g/mol. The van der Waals surface area contributed by atoms with Gasteiger partial charge in [0.25, 0.3) is 0 Å². The monoisotopic (exact) mass is 243 g/mol. The minimum absolute atomic E-state index is 0.0688. The normalized spacial score (nSPS) is 36.2. The molecule has 3 fully saturated rings. The van der Waals surface area contributed by atoms with Gasteiger partial charge in [0.1, 0.15) is 0 Å². The van der Waals surface area contributed by atoms with Gasteiger partial charge in [-0.05, 0) is 37.2 Å². The Morgan fingerprint density at radius 2 is 2.00 bits per heavy atom. The van der Waals surface area contributed by atoms with Crippen LogP contribution in [0.25, 0.3) is 0 Å². The standard InChI is InChI=1S/C12H21NO2S/c14-11-8-13(9-11)10-1-4-15-12(7-10)2-5-16-6-3-12/h10-11,14H,1-9H2. The van der Waals surface area contributed by atoms with Crippen molar-refractivity contribution in [1.29, 1.82) is 0 Å². The molecule has 0 amide bonds. The van der Waals surface area contributed by atoms with E-state index in [9.17, 15) is 5.11 Å². The summed E-state index contributed by atoms with van der Waals surface area (Å²) in [6.45, 7) is 2.69. The van der Waals surface area contributed by atoms with Crippen LogP contribution in [0.5, 0.6) is 0 Å². The van der Waals surface area contributed by atoms with Crippen LogP contribution in [0, 0.1) is 0 Å². The lowest BCUT2D eigenvalue weighted by Crippen LogP contribution is -2.59. The van der Waals surface area contributed by atoms with E-state index in [-0.39, 0.29) is 11.7 Å².